The Hall–Kier alpha value is -0.000519. The fraction of sp³-hybridized carbons (Fsp3) is 0.429. The Kier molecular flexibility index (Phi) is 5.14. The van der Waals surface area contributed by atoms with Gasteiger partial charge in [0, 0.05) is 17.1 Å². The van der Waals surface area contributed by atoms with Crippen molar-refractivity contribution in [2.45, 2.75) is 19.3 Å². The van der Waals surface area contributed by atoms with Crippen LogP contribution in [0.4, 0.5) is 0 Å². The molecule has 0 saturated heterocycles. The Morgan fingerprint density at radius 2 is 1.38 bits per heavy atom. The summed E-state index contributed by atoms with van der Waals surface area (Å²) in [6.07, 6.45) is 12.5. The van der Waals surface area contributed by atoms with E-state index in [1.807, 2.05) is 0 Å². The van der Waals surface area contributed by atoms with Crippen molar-refractivity contribution in [3.05, 3.63) is 24.3 Å². The summed E-state index contributed by atoms with van der Waals surface area (Å²) in [5.41, 5.74) is 0. The predicted octanol–water partition coefficient (Wildman–Crippen LogP) is 2.28. The molecule has 8 heavy (non-hydrogen) atoms. The molecule has 1 heteroatoms. The van der Waals surface area contributed by atoms with Crippen LogP contribution in [0.25, 0.3) is 0 Å². The van der Waals surface area contributed by atoms with Gasteiger partial charge in [-0.3, -0.25) is 0 Å². The van der Waals surface area contributed by atoms with Crippen molar-refractivity contribution < 1.29 is 17.1 Å². The molecular formula is C7H10Fe. The molecule has 0 nitrogen and oxygen atoms in total. The molecule has 0 aromatic carbocycles. The maximum Gasteiger partial charge on any atom is 0 e. The molecule has 0 aliphatic heterocycles. The Morgan fingerprint density at radius 1 is 0.875 bits per heavy atom. The van der Waals surface area contributed by atoms with Crippen LogP contribution in [-0.4, -0.2) is 0 Å². The van der Waals surface area contributed by atoms with E-state index in [1.165, 1.54) is 19.3 Å². The van der Waals surface area contributed by atoms with Crippen LogP contribution in [0.15, 0.2) is 24.3 Å². The van der Waals surface area contributed by atoms with E-state index in [9.17, 15) is 0 Å². The Balaban J connectivity index is 0.000000490. The third kappa shape index (κ3) is 3.06. The molecule has 0 aromatic heterocycles. The number of allylic oxidation sites excluding steroid dienone is 4. The second kappa shape index (κ2) is 5.14. The normalized spacial score (nSPS) is 17.0. The van der Waals surface area contributed by atoms with Gasteiger partial charge in [-0.25, -0.2) is 0 Å². The molecule has 46 valence electrons. The second-order valence-electron chi connectivity index (χ2n) is 1.79. The molecule has 0 aromatic rings. The summed E-state index contributed by atoms with van der Waals surface area (Å²) in [7, 11) is 0. The average molecular weight is 150 g/mol. The fourth-order valence-corrected chi connectivity index (χ4v) is 0.703. The second-order valence-corrected chi connectivity index (χ2v) is 1.79. The maximum atomic E-state index is 2.21. The van der Waals surface area contributed by atoms with Crippen molar-refractivity contribution in [3.8, 4) is 0 Å². The summed E-state index contributed by atoms with van der Waals surface area (Å²) in [6.45, 7) is 0. The molecule has 1 aliphatic carbocycles. The van der Waals surface area contributed by atoms with Crippen LogP contribution in [0.2, 0.25) is 0 Å². The Morgan fingerprint density at radius 3 is 1.88 bits per heavy atom. The van der Waals surface area contributed by atoms with E-state index in [0.29, 0.717) is 0 Å². The molecular weight excluding hydrogens is 140 g/mol. The van der Waals surface area contributed by atoms with Gasteiger partial charge in [0.15, 0.2) is 0 Å². The van der Waals surface area contributed by atoms with Crippen LogP contribution in [0.3, 0.4) is 0 Å². The van der Waals surface area contributed by atoms with E-state index < -0.39 is 0 Å². The average Bonchev–Trinajstić information content (AvgIpc) is 1.90. The molecule has 1 aliphatic rings. The molecule has 0 radical (unpaired) electrons. The number of hydrogen-bond acceptors (Lipinski definition) is 0. The first-order chi connectivity index (χ1) is 3.50. The van der Waals surface area contributed by atoms with Crippen LogP contribution in [-0.2, 0) is 17.1 Å². The largest absolute Gasteiger partial charge is 0.0845 e. The predicted molar refractivity (Wildman–Crippen MR) is 32.1 cm³/mol. The molecule has 0 heterocycles. The first-order valence-electron chi connectivity index (χ1n) is 2.82. The van der Waals surface area contributed by atoms with E-state index in [1.54, 1.807) is 0 Å². The van der Waals surface area contributed by atoms with E-state index in [2.05, 4.69) is 24.3 Å². The third-order valence-corrected chi connectivity index (χ3v) is 1.12. The van der Waals surface area contributed by atoms with Crippen LogP contribution in [0.5, 0.6) is 0 Å². The summed E-state index contributed by atoms with van der Waals surface area (Å²) in [5, 5.41) is 0. The van der Waals surface area contributed by atoms with Crippen molar-refractivity contribution in [3.63, 3.8) is 0 Å². The molecule has 0 unspecified atom stereocenters. The van der Waals surface area contributed by atoms with Gasteiger partial charge in [0.25, 0.3) is 0 Å². The van der Waals surface area contributed by atoms with Crippen LogP contribution >= 0.6 is 0 Å². The van der Waals surface area contributed by atoms with Gasteiger partial charge in [0.1, 0.15) is 0 Å². The van der Waals surface area contributed by atoms with E-state index in [4.69, 9.17) is 0 Å². The molecule has 0 spiro atoms. The van der Waals surface area contributed by atoms with E-state index >= 15 is 0 Å². The van der Waals surface area contributed by atoms with Crippen molar-refractivity contribution >= 4 is 0 Å². The van der Waals surface area contributed by atoms with Crippen LogP contribution in [0.1, 0.15) is 19.3 Å². The fourth-order valence-electron chi connectivity index (χ4n) is 0.703. The molecule has 0 bridgehead atoms. The van der Waals surface area contributed by atoms with E-state index in [-0.39, 0.29) is 17.1 Å². The van der Waals surface area contributed by atoms with Gasteiger partial charge in [0.2, 0.25) is 0 Å². The number of rotatable bonds is 0. The maximum absolute atomic E-state index is 2.21. The summed E-state index contributed by atoms with van der Waals surface area (Å²) in [4.78, 5) is 0. The van der Waals surface area contributed by atoms with Gasteiger partial charge in [-0.15, -0.1) is 0 Å². The van der Waals surface area contributed by atoms with Crippen LogP contribution in [0, 0.1) is 0 Å². The molecule has 0 atom stereocenters. The minimum atomic E-state index is 0. The topological polar surface area (TPSA) is 0 Å². The molecule has 0 N–H and O–H groups in total. The first kappa shape index (κ1) is 8.00. The van der Waals surface area contributed by atoms with Crippen molar-refractivity contribution in [1.82, 2.24) is 0 Å². The van der Waals surface area contributed by atoms with Crippen LogP contribution < -0.4 is 0 Å². The molecule has 0 fully saturated rings. The standard InChI is InChI=1S/C7H10.Fe/c1-2-4-6-7-5-3-1;/h1-4H,5-7H2;. The molecule has 0 amide bonds. The zero-order chi connectivity index (χ0) is 4.95. The van der Waals surface area contributed by atoms with Gasteiger partial charge < -0.3 is 0 Å². The van der Waals surface area contributed by atoms with Crippen molar-refractivity contribution in [2.75, 3.05) is 0 Å². The van der Waals surface area contributed by atoms with Gasteiger partial charge >= 0.3 is 0 Å². The number of hydrogen-bond donors (Lipinski definition) is 0. The zero-order valence-corrected chi connectivity index (χ0v) is 5.89. The van der Waals surface area contributed by atoms with Gasteiger partial charge in [-0.2, -0.15) is 0 Å². The van der Waals surface area contributed by atoms with Gasteiger partial charge in [-0.1, -0.05) is 24.3 Å². The van der Waals surface area contributed by atoms with E-state index in [0.717, 1.165) is 0 Å². The van der Waals surface area contributed by atoms with Gasteiger partial charge in [0.05, 0.1) is 0 Å². The Bertz CT molecular complexity index is 80.6. The summed E-state index contributed by atoms with van der Waals surface area (Å²) in [5.74, 6) is 0. The zero-order valence-electron chi connectivity index (χ0n) is 4.78. The minimum Gasteiger partial charge on any atom is -0.0845 e. The van der Waals surface area contributed by atoms with Gasteiger partial charge in [-0.05, 0) is 19.3 Å². The first-order valence-corrected chi connectivity index (χ1v) is 2.82. The Labute approximate surface area is 61.1 Å². The molecule has 0 saturated carbocycles. The summed E-state index contributed by atoms with van der Waals surface area (Å²) < 4.78 is 0. The third-order valence-electron chi connectivity index (χ3n) is 1.12. The monoisotopic (exact) mass is 150 g/mol. The SMILES string of the molecule is C1=CCCCC=C1.[Fe]. The minimum absolute atomic E-state index is 0. The smallest absolute Gasteiger partial charge is 0 e. The quantitative estimate of drug-likeness (QED) is 0.464. The van der Waals surface area contributed by atoms with Crippen molar-refractivity contribution in [1.29, 1.82) is 0 Å². The summed E-state index contributed by atoms with van der Waals surface area (Å²) >= 11 is 0. The van der Waals surface area contributed by atoms with Crippen molar-refractivity contribution in [2.24, 2.45) is 0 Å². The molecule has 1 rings (SSSR count). The summed E-state index contributed by atoms with van der Waals surface area (Å²) in [6, 6.07) is 0.